The van der Waals surface area contributed by atoms with E-state index in [2.05, 4.69) is 26.0 Å². The first kappa shape index (κ1) is 30.0. The average molecular weight is 416 g/mol. The first-order valence-electron chi connectivity index (χ1n) is 9.60. The zero-order valence-corrected chi connectivity index (χ0v) is 20.4. The summed E-state index contributed by atoms with van der Waals surface area (Å²) in [6.45, 7) is 15.6. The molecular weight excluding hydrogens is 380 g/mol. The van der Waals surface area contributed by atoms with Crippen molar-refractivity contribution in [1.29, 1.82) is 14.9 Å². The molecule has 0 aromatic heterocycles. The number of rotatable bonds is 3. The predicted molar refractivity (Wildman–Crippen MR) is 115 cm³/mol. The zero-order valence-electron chi connectivity index (χ0n) is 19.3. The Morgan fingerprint density at radius 3 is 1.97 bits per heavy atom. The topological polar surface area (TPSA) is 107 Å². The van der Waals surface area contributed by atoms with Crippen LogP contribution in [0.15, 0.2) is 0 Å². The molecule has 0 aromatic carbocycles. The van der Waals surface area contributed by atoms with Gasteiger partial charge in [0.2, 0.25) is 5.54 Å². The van der Waals surface area contributed by atoms with Gasteiger partial charge in [-0.3, -0.25) is 10.0 Å². The van der Waals surface area contributed by atoms with E-state index in [4.69, 9.17) is 19.7 Å². The minimum atomic E-state index is -0.870. The molecule has 2 N–H and O–H groups in total. The number of hydrogen-bond acceptors (Lipinski definition) is 6. The number of hydrogen-bond donors (Lipinski definition) is 2. The molecule has 29 heavy (non-hydrogen) atoms. The Balaban J connectivity index is 0. The monoisotopic (exact) mass is 416 g/mol. The van der Waals surface area contributed by atoms with Crippen LogP contribution in [0, 0.1) is 32.4 Å². The standard InChI is InChI=1S/C14H23N3O.C6H12NO.Al.B.HN/c1-12(2,9-15)11-7-8-13(3,4)17(11)18-14(5,6)10-16;1-6(2)4-3-5-7(6)8;;;/h11H,7-8H2,1-6H3;5,8H,3-4H2,1-2H3;;;1H/q;+1;;;. The van der Waals surface area contributed by atoms with Crippen molar-refractivity contribution >= 4 is 30.7 Å². The van der Waals surface area contributed by atoms with E-state index in [1.807, 2.05) is 39.0 Å². The van der Waals surface area contributed by atoms with Gasteiger partial charge in [-0.15, -0.1) is 0 Å². The van der Waals surface area contributed by atoms with Gasteiger partial charge in [0.15, 0.2) is 11.8 Å². The van der Waals surface area contributed by atoms with Crippen LogP contribution < -0.4 is 0 Å². The molecule has 4 radical (unpaired) electrons. The first-order valence-corrected chi connectivity index (χ1v) is 10.2. The Labute approximate surface area is 186 Å². The first-order chi connectivity index (χ1) is 12.7. The minimum absolute atomic E-state index is 0. The Morgan fingerprint density at radius 1 is 1.14 bits per heavy atom. The molecule has 0 saturated carbocycles. The summed E-state index contributed by atoms with van der Waals surface area (Å²) in [7, 11) is 0. The Morgan fingerprint density at radius 2 is 1.66 bits per heavy atom. The molecule has 1 fully saturated rings. The SMILES string of the molecule is CC(C)(C#N)ON1C(C(C)(C)C#N)CCC1(C)C.CC1(C)CCC=[N+]1O.[B].[NH]=[Al]. The summed E-state index contributed by atoms with van der Waals surface area (Å²) in [6.07, 6.45) is 5.76. The molecular formula is C20H36AlBN5O2+. The van der Waals surface area contributed by atoms with Gasteiger partial charge in [0, 0.05) is 40.6 Å². The van der Waals surface area contributed by atoms with Crippen molar-refractivity contribution in [3.63, 3.8) is 0 Å². The molecule has 158 valence electrons. The molecule has 0 bridgehead atoms. The summed E-state index contributed by atoms with van der Waals surface area (Å²) in [4.78, 5) is 5.89. The maximum absolute atomic E-state index is 9.30. The fraction of sp³-hybridized carbons (Fsp3) is 0.850. The van der Waals surface area contributed by atoms with Crippen LogP contribution in [0.5, 0.6) is 0 Å². The number of nitrogens with one attached hydrogen (secondary N) is 1. The van der Waals surface area contributed by atoms with E-state index in [0.717, 1.165) is 25.7 Å². The number of hydroxylamine groups is 3. The summed E-state index contributed by atoms with van der Waals surface area (Å²) < 4.78 is 6.97. The van der Waals surface area contributed by atoms with Crippen molar-refractivity contribution in [2.24, 2.45) is 5.41 Å². The fourth-order valence-corrected chi connectivity index (χ4v) is 3.22. The maximum atomic E-state index is 9.30. The van der Waals surface area contributed by atoms with Crippen LogP contribution in [0.4, 0.5) is 0 Å². The second-order valence-electron chi connectivity index (χ2n) is 9.62. The molecule has 0 aliphatic carbocycles. The van der Waals surface area contributed by atoms with E-state index in [1.165, 1.54) is 4.74 Å². The zero-order chi connectivity index (χ0) is 22.4. The molecule has 2 aliphatic rings. The third kappa shape index (κ3) is 8.19. The molecule has 2 aliphatic heterocycles. The second kappa shape index (κ2) is 11.2. The van der Waals surface area contributed by atoms with Crippen molar-refractivity contribution in [1.82, 2.24) is 5.06 Å². The third-order valence-corrected chi connectivity index (χ3v) is 5.30. The van der Waals surface area contributed by atoms with Gasteiger partial charge in [-0.1, -0.05) is 0 Å². The van der Waals surface area contributed by atoms with Crippen LogP contribution in [0.2, 0.25) is 0 Å². The average Bonchev–Trinajstić information content (AvgIpc) is 3.08. The molecule has 0 spiro atoms. The quantitative estimate of drug-likeness (QED) is 0.416. The summed E-state index contributed by atoms with van der Waals surface area (Å²) in [6, 6.07) is 4.52. The van der Waals surface area contributed by atoms with Crippen LogP contribution in [-0.4, -0.2) is 68.5 Å². The van der Waals surface area contributed by atoms with Crippen LogP contribution in [0.3, 0.4) is 0 Å². The van der Waals surface area contributed by atoms with Crippen LogP contribution in [0.25, 0.3) is 0 Å². The van der Waals surface area contributed by atoms with Gasteiger partial charge in [-0.05, 0) is 59.1 Å². The Bertz CT molecular complexity index is 650. The van der Waals surface area contributed by atoms with E-state index >= 15 is 0 Å². The van der Waals surface area contributed by atoms with E-state index in [-0.39, 0.29) is 25.5 Å². The van der Waals surface area contributed by atoms with E-state index in [0.29, 0.717) is 0 Å². The third-order valence-electron chi connectivity index (χ3n) is 5.30. The normalized spacial score (nSPS) is 22.4. The van der Waals surface area contributed by atoms with E-state index in [9.17, 15) is 5.26 Å². The summed E-state index contributed by atoms with van der Waals surface area (Å²) in [5, 5.41) is 29.3. The second-order valence-corrected chi connectivity index (χ2v) is 9.62. The van der Waals surface area contributed by atoms with Gasteiger partial charge in [0.1, 0.15) is 0 Å². The molecule has 9 heteroatoms. The van der Waals surface area contributed by atoms with Crippen molar-refractivity contribution in [3.8, 4) is 12.1 Å². The summed E-state index contributed by atoms with van der Waals surface area (Å²) >= 11 is 1.67. The van der Waals surface area contributed by atoms with E-state index in [1.54, 1.807) is 29.9 Å². The van der Waals surface area contributed by atoms with Crippen LogP contribution in [-0.2, 0) is 4.84 Å². The predicted octanol–water partition coefficient (Wildman–Crippen LogP) is 3.58. The Hall–Kier alpha value is -1.23. The Kier molecular flexibility index (Phi) is 11.6. The summed E-state index contributed by atoms with van der Waals surface area (Å²) in [5.41, 5.74) is -1.52. The van der Waals surface area contributed by atoms with Crippen molar-refractivity contribution in [2.75, 3.05) is 0 Å². The summed E-state index contributed by atoms with van der Waals surface area (Å²) in [5.74, 6) is 0. The van der Waals surface area contributed by atoms with Crippen molar-refractivity contribution in [2.45, 2.75) is 104 Å². The van der Waals surface area contributed by atoms with Gasteiger partial charge in [-0.25, -0.2) is 0 Å². The molecule has 7 nitrogen and oxygen atoms in total. The number of nitrogens with zero attached hydrogens (tertiary/aromatic N) is 4. The van der Waals surface area contributed by atoms with Crippen LogP contribution >= 0.6 is 0 Å². The molecule has 1 unspecified atom stereocenters. The van der Waals surface area contributed by atoms with Gasteiger partial charge in [-0.2, -0.15) is 15.6 Å². The fourth-order valence-electron chi connectivity index (χ4n) is 3.22. The molecule has 2 rings (SSSR count). The van der Waals surface area contributed by atoms with Crippen molar-refractivity contribution < 1.29 is 14.8 Å². The van der Waals surface area contributed by atoms with Crippen molar-refractivity contribution in [3.05, 3.63) is 0 Å². The van der Waals surface area contributed by atoms with Gasteiger partial charge in [0.05, 0.1) is 23.6 Å². The molecule has 0 aromatic rings. The molecule has 0 amide bonds. The van der Waals surface area contributed by atoms with E-state index < -0.39 is 11.0 Å². The van der Waals surface area contributed by atoms with Crippen LogP contribution in [0.1, 0.15) is 81.1 Å². The van der Waals surface area contributed by atoms with Gasteiger partial charge in [0.25, 0.3) is 0 Å². The molecule has 2 heterocycles. The molecule has 1 atom stereocenters. The van der Waals surface area contributed by atoms with Gasteiger partial charge < -0.3 is 0 Å². The van der Waals surface area contributed by atoms with Gasteiger partial charge >= 0.3 is 20.4 Å². The number of nitriles is 2. The molecule has 1 saturated heterocycles.